The quantitative estimate of drug-likeness (QED) is 0.768. The number of Topliss-reactive ketones (excluding diaryl/α,β-unsaturated/α-hetero) is 1. The first-order valence-electron chi connectivity index (χ1n) is 7.53. The summed E-state index contributed by atoms with van der Waals surface area (Å²) in [4.78, 5) is 12.4. The van der Waals surface area contributed by atoms with E-state index in [0.717, 1.165) is 24.0 Å². The van der Waals surface area contributed by atoms with Crippen molar-refractivity contribution in [1.29, 1.82) is 0 Å². The zero-order valence-corrected chi connectivity index (χ0v) is 11.5. The fourth-order valence-electron chi connectivity index (χ4n) is 3.99. The second-order valence-electron chi connectivity index (χ2n) is 6.07. The fourth-order valence-corrected chi connectivity index (χ4v) is 3.99. The van der Waals surface area contributed by atoms with Crippen LogP contribution in [0.15, 0.2) is 36.9 Å². The minimum Gasteiger partial charge on any atom is -0.299 e. The molecule has 0 spiro atoms. The minimum atomic E-state index is -0.220. The Kier molecular flexibility index (Phi) is 3.30. The van der Waals surface area contributed by atoms with E-state index in [1.54, 1.807) is 0 Å². The van der Waals surface area contributed by atoms with Crippen LogP contribution in [0, 0.1) is 11.3 Å². The lowest BCUT2D eigenvalue weighted by Crippen LogP contribution is -2.48. The number of benzene rings is 1. The molecule has 1 nitrogen and oxygen atoms in total. The van der Waals surface area contributed by atoms with Gasteiger partial charge in [-0.25, -0.2) is 0 Å². The van der Waals surface area contributed by atoms with Crippen LogP contribution < -0.4 is 0 Å². The summed E-state index contributed by atoms with van der Waals surface area (Å²) in [6.07, 6.45) is 8.07. The van der Waals surface area contributed by atoms with Crippen molar-refractivity contribution in [3.05, 3.63) is 42.5 Å². The summed E-state index contributed by atoms with van der Waals surface area (Å²) in [6, 6.07) is 10.3. The molecule has 2 aliphatic carbocycles. The Morgan fingerprint density at radius 2 is 1.79 bits per heavy atom. The summed E-state index contributed by atoms with van der Waals surface area (Å²) >= 11 is 0. The van der Waals surface area contributed by atoms with Gasteiger partial charge in [0.1, 0.15) is 5.78 Å². The maximum Gasteiger partial charge on any atom is 0.143 e. The molecule has 1 atom stereocenters. The molecule has 2 saturated carbocycles. The van der Waals surface area contributed by atoms with Gasteiger partial charge in [0.15, 0.2) is 0 Å². The molecule has 0 N–H and O–H groups in total. The Bertz CT molecular complexity index is 482. The normalized spacial score (nSPS) is 27.9. The number of allylic oxidation sites excluding steroid dienone is 1. The van der Waals surface area contributed by atoms with Gasteiger partial charge in [-0.15, -0.1) is 0 Å². The first-order chi connectivity index (χ1) is 9.25. The van der Waals surface area contributed by atoms with Crippen molar-refractivity contribution in [2.75, 3.05) is 0 Å². The Hall–Kier alpha value is -1.37. The molecule has 0 aliphatic heterocycles. The molecule has 0 bridgehead atoms. The highest BCUT2D eigenvalue weighted by atomic mass is 16.1. The number of carbonyl (C=O) groups excluding carboxylic acids is 1. The van der Waals surface area contributed by atoms with E-state index < -0.39 is 0 Å². The number of rotatable bonds is 3. The van der Waals surface area contributed by atoms with Gasteiger partial charge in [0.05, 0.1) is 5.41 Å². The lowest BCUT2D eigenvalue weighted by molar-refractivity contribution is -0.138. The Balaban J connectivity index is 1.92. The van der Waals surface area contributed by atoms with Gasteiger partial charge in [-0.3, -0.25) is 4.79 Å². The van der Waals surface area contributed by atoms with Crippen molar-refractivity contribution in [1.82, 2.24) is 0 Å². The van der Waals surface area contributed by atoms with Crippen LogP contribution in [-0.2, 0) is 4.79 Å². The Labute approximate surface area is 115 Å². The largest absolute Gasteiger partial charge is 0.299 e. The van der Waals surface area contributed by atoms with Crippen molar-refractivity contribution in [2.45, 2.75) is 44.9 Å². The summed E-state index contributed by atoms with van der Waals surface area (Å²) in [5.74, 6) is 0.975. The highest BCUT2D eigenvalue weighted by Gasteiger charge is 2.53. The van der Waals surface area contributed by atoms with Gasteiger partial charge < -0.3 is 0 Å². The van der Waals surface area contributed by atoms with Crippen molar-refractivity contribution in [2.24, 2.45) is 11.3 Å². The Morgan fingerprint density at radius 3 is 2.32 bits per heavy atom. The smallest absolute Gasteiger partial charge is 0.143 e. The monoisotopic (exact) mass is 254 g/mol. The maximum absolute atomic E-state index is 12.4. The number of carbonyl (C=O) groups is 1. The first kappa shape index (κ1) is 12.7. The van der Waals surface area contributed by atoms with Crippen molar-refractivity contribution >= 4 is 11.4 Å². The van der Waals surface area contributed by atoms with Crippen LogP contribution in [-0.4, -0.2) is 5.78 Å². The second kappa shape index (κ2) is 4.96. The van der Waals surface area contributed by atoms with E-state index in [1.807, 2.05) is 18.2 Å². The number of hydrogen-bond acceptors (Lipinski definition) is 1. The van der Waals surface area contributed by atoms with Gasteiger partial charge in [-0.05, 0) is 36.3 Å². The zero-order valence-electron chi connectivity index (χ0n) is 11.5. The predicted octanol–water partition coefficient (Wildman–Crippen LogP) is 4.63. The average molecular weight is 254 g/mol. The van der Waals surface area contributed by atoms with Gasteiger partial charge in [0, 0.05) is 6.42 Å². The average Bonchev–Trinajstić information content (AvgIpc) is 2.48. The van der Waals surface area contributed by atoms with E-state index in [4.69, 9.17) is 0 Å². The lowest BCUT2D eigenvalue weighted by Gasteiger charge is -2.49. The van der Waals surface area contributed by atoms with Crippen LogP contribution >= 0.6 is 0 Å². The molecule has 1 aromatic rings. The van der Waals surface area contributed by atoms with Crippen LogP contribution in [0.25, 0.3) is 5.57 Å². The third-order valence-corrected chi connectivity index (χ3v) is 5.21. The fraction of sp³-hybridized carbons (Fsp3) is 0.500. The molecule has 0 amide bonds. The predicted molar refractivity (Wildman–Crippen MR) is 78.7 cm³/mol. The number of ketones is 1. The standard InChI is InChI=1S/C18H22O/c1-14(15-8-4-2-5-9-15)18(13-12-17(18)19)16-10-6-3-7-11-16/h2,4-5,8-9,16H,1,3,6-7,10-13H2. The van der Waals surface area contributed by atoms with Crippen molar-refractivity contribution < 1.29 is 4.79 Å². The number of hydrogen-bond donors (Lipinski definition) is 0. The third kappa shape index (κ3) is 1.96. The SMILES string of the molecule is C=C(c1ccccc1)C1(C2CCCCC2)CCC1=O. The summed E-state index contributed by atoms with van der Waals surface area (Å²) < 4.78 is 0. The van der Waals surface area contributed by atoms with E-state index in [0.29, 0.717) is 11.7 Å². The highest BCUT2D eigenvalue weighted by molar-refractivity contribution is 6.02. The van der Waals surface area contributed by atoms with Gasteiger partial charge in [-0.1, -0.05) is 56.2 Å². The molecule has 3 rings (SSSR count). The molecular weight excluding hydrogens is 232 g/mol. The molecule has 1 aromatic carbocycles. The van der Waals surface area contributed by atoms with Gasteiger partial charge >= 0.3 is 0 Å². The third-order valence-electron chi connectivity index (χ3n) is 5.21. The molecule has 0 radical (unpaired) electrons. The summed E-state index contributed by atoms with van der Waals surface area (Å²) in [5.41, 5.74) is 2.01. The molecule has 0 heterocycles. The first-order valence-corrected chi connectivity index (χ1v) is 7.53. The van der Waals surface area contributed by atoms with Gasteiger partial charge in [0.2, 0.25) is 0 Å². The molecule has 0 aromatic heterocycles. The van der Waals surface area contributed by atoms with Crippen LogP contribution in [0.3, 0.4) is 0 Å². The second-order valence-corrected chi connectivity index (χ2v) is 6.07. The van der Waals surface area contributed by atoms with Crippen LogP contribution in [0.2, 0.25) is 0 Å². The highest BCUT2D eigenvalue weighted by Crippen LogP contribution is 2.56. The van der Waals surface area contributed by atoms with E-state index in [9.17, 15) is 4.79 Å². The molecular formula is C18H22O. The van der Waals surface area contributed by atoms with E-state index >= 15 is 0 Å². The summed E-state index contributed by atoms with van der Waals surface area (Å²) in [5, 5.41) is 0. The topological polar surface area (TPSA) is 17.1 Å². The van der Waals surface area contributed by atoms with E-state index in [2.05, 4.69) is 18.7 Å². The van der Waals surface area contributed by atoms with E-state index in [-0.39, 0.29) is 5.41 Å². The van der Waals surface area contributed by atoms with Crippen molar-refractivity contribution in [3.63, 3.8) is 0 Å². The van der Waals surface area contributed by atoms with Crippen molar-refractivity contribution in [3.8, 4) is 0 Å². The van der Waals surface area contributed by atoms with Crippen LogP contribution in [0.1, 0.15) is 50.5 Å². The van der Waals surface area contributed by atoms with Gasteiger partial charge in [0.25, 0.3) is 0 Å². The molecule has 1 heteroatoms. The molecule has 2 aliphatic rings. The summed E-state index contributed by atoms with van der Waals surface area (Å²) in [7, 11) is 0. The Morgan fingerprint density at radius 1 is 1.11 bits per heavy atom. The molecule has 19 heavy (non-hydrogen) atoms. The molecule has 100 valence electrons. The van der Waals surface area contributed by atoms with E-state index in [1.165, 1.54) is 32.1 Å². The molecule has 0 saturated heterocycles. The zero-order chi connectivity index (χ0) is 13.3. The lowest BCUT2D eigenvalue weighted by atomic mass is 9.53. The minimum absolute atomic E-state index is 0.220. The maximum atomic E-state index is 12.4. The molecule has 2 fully saturated rings. The van der Waals surface area contributed by atoms with Crippen LogP contribution in [0.5, 0.6) is 0 Å². The summed E-state index contributed by atoms with van der Waals surface area (Å²) in [6.45, 7) is 4.32. The van der Waals surface area contributed by atoms with Gasteiger partial charge in [-0.2, -0.15) is 0 Å². The van der Waals surface area contributed by atoms with Crippen LogP contribution in [0.4, 0.5) is 0 Å². The molecule has 1 unspecified atom stereocenters.